The second-order valence-electron chi connectivity index (χ2n) is 4.11. The lowest BCUT2D eigenvalue weighted by atomic mass is 10.3. The van der Waals surface area contributed by atoms with Crippen molar-refractivity contribution in [3.8, 4) is 0 Å². The molecule has 104 valence electrons. The highest BCUT2D eigenvalue weighted by Gasteiger charge is 2.14. The van der Waals surface area contributed by atoms with Crippen LogP contribution in [-0.2, 0) is 28.6 Å². The Bertz CT molecular complexity index is 675. The molecule has 2 aromatic heterocycles. The summed E-state index contributed by atoms with van der Waals surface area (Å²) in [6.45, 7) is 5.27. The van der Waals surface area contributed by atoms with Crippen LogP contribution in [0.1, 0.15) is 25.2 Å². The molecule has 2 aromatic rings. The normalized spacial score (nSPS) is 11.9. The minimum atomic E-state index is -3.72. The van der Waals surface area contributed by atoms with Gasteiger partial charge in [0.1, 0.15) is 4.90 Å². The number of hydrogen-bond acceptors (Lipinski definition) is 4. The summed E-state index contributed by atoms with van der Waals surface area (Å²) in [6, 6.07) is 2.00. The fraction of sp³-hybridized carbons (Fsp3) is 0.455. The van der Waals surface area contributed by atoms with Crippen LogP contribution < -0.4 is 0 Å². The van der Waals surface area contributed by atoms with Crippen LogP contribution in [0.15, 0.2) is 23.4 Å². The molecular formula is C11H15ClN4O2S. The Morgan fingerprint density at radius 1 is 1.37 bits per heavy atom. The second-order valence-corrected chi connectivity index (χ2v) is 6.67. The summed E-state index contributed by atoms with van der Waals surface area (Å²) < 4.78 is 25.8. The molecule has 0 fully saturated rings. The molecule has 0 radical (unpaired) electrons. The van der Waals surface area contributed by atoms with Gasteiger partial charge < -0.3 is 0 Å². The first-order chi connectivity index (χ1) is 8.94. The Labute approximate surface area is 116 Å². The zero-order chi connectivity index (χ0) is 14.0. The molecule has 0 aromatic carbocycles. The number of nitrogens with zero attached hydrogens (tertiary/aromatic N) is 4. The Morgan fingerprint density at radius 3 is 2.63 bits per heavy atom. The van der Waals surface area contributed by atoms with Crippen LogP contribution in [0.2, 0.25) is 0 Å². The van der Waals surface area contributed by atoms with E-state index < -0.39 is 9.05 Å². The maximum Gasteiger partial charge on any atom is 0.264 e. The molecule has 6 nitrogen and oxygen atoms in total. The van der Waals surface area contributed by atoms with Gasteiger partial charge in [0.2, 0.25) is 0 Å². The summed E-state index contributed by atoms with van der Waals surface area (Å²) in [4.78, 5) is 0.00689. The average Bonchev–Trinajstić information content (AvgIpc) is 2.95. The van der Waals surface area contributed by atoms with E-state index in [1.807, 2.05) is 24.6 Å². The van der Waals surface area contributed by atoms with Crippen molar-refractivity contribution in [1.82, 2.24) is 19.6 Å². The lowest BCUT2D eigenvalue weighted by Gasteiger charge is -2.04. The lowest BCUT2D eigenvalue weighted by molar-refractivity contribution is 0.573. The standard InChI is InChI=1S/C11H15ClN4O2S/c1-3-9-5-10(16(4-2)14-9)7-15-8-11(6-13-15)19(12,17)18/h5-6,8H,3-4,7H2,1-2H3. The Kier molecular flexibility index (Phi) is 3.96. The number of rotatable bonds is 5. The molecule has 0 N–H and O–H groups in total. The van der Waals surface area contributed by atoms with Crippen molar-refractivity contribution in [2.24, 2.45) is 0 Å². The minimum absolute atomic E-state index is 0.00689. The Balaban J connectivity index is 2.26. The summed E-state index contributed by atoms with van der Waals surface area (Å²) in [5.74, 6) is 0. The topological polar surface area (TPSA) is 69.8 Å². The Hall–Kier alpha value is -1.34. The van der Waals surface area contributed by atoms with E-state index in [0.717, 1.165) is 24.4 Å². The zero-order valence-corrected chi connectivity index (χ0v) is 12.3. The van der Waals surface area contributed by atoms with Gasteiger partial charge in [0, 0.05) is 23.4 Å². The summed E-state index contributed by atoms with van der Waals surface area (Å²) in [6.07, 6.45) is 3.52. The van der Waals surface area contributed by atoms with Crippen molar-refractivity contribution in [2.75, 3.05) is 0 Å². The third-order valence-corrected chi connectivity index (χ3v) is 4.10. The van der Waals surface area contributed by atoms with Crippen LogP contribution in [0, 0.1) is 0 Å². The van der Waals surface area contributed by atoms with Crippen LogP contribution in [0.4, 0.5) is 0 Å². The van der Waals surface area contributed by atoms with Gasteiger partial charge in [-0.1, -0.05) is 6.92 Å². The number of hydrogen-bond donors (Lipinski definition) is 0. The monoisotopic (exact) mass is 302 g/mol. The van der Waals surface area contributed by atoms with Crippen molar-refractivity contribution in [3.63, 3.8) is 0 Å². The van der Waals surface area contributed by atoms with Gasteiger partial charge in [-0.15, -0.1) is 0 Å². The predicted molar refractivity (Wildman–Crippen MR) is 71.6 cm³/mol. The molecule has 8 heteroatoms. The molecule has 0 aliphatic heterocycles. The smallest absolute Gasteiger partial charge is 0.264 e. The molecule has 0 aliphatic carbocycles. The van der Waals surface area contributed by atoms with Crippen LogP contribution >= 0.6 is 10.7 Å². The van der Waals surface area contributed by atoms with Gasteiger partial charge in [-0.25, -0.2) is 8.42 Å². The van der Waals surface area contributed by atoms with Gasteiger partial charge in [0.05, 0.1) is 24.1 Å². The minimum Gasteiger partial charge on any atom is -0.268 e. The molecule has 0 amide bonds. The van der Waals surface area contributed by atoms with Gasteiger partial charge in [-0.05, 0) is 19.4 Å². The highest BCUT2D eigenvalue weighted by molar-refractivity contribution is 8.13. The molecule has 2 heterocycles. The van der Waals surface area contributed by atoms with Gasteiger partial charge in [-0.3, -0.25) is 9.36 Å². The molecule has 0 spiro atoms. The predicted octanol–water partition coefficient (Wildman–Crippen LogP) is 1.64. The van der Waals surface area contributed by atoms with E-state index in [9.17, 15) is 8.42 Å². The van der Waals surface area contributed by atoms with Gasteiger partial charge >= 0.3 is 0 Å². The SMILES string of the molecule is CCc1cc(Cn2cc(S(=O)(=O)Cl)cn2)n(CC)n1. The fourth-order valence-corrected chi connectivity index (χ4v) is 2.47. The number of aryl methyl sites for hydroxylation is 2. The summed E-state index contributed by atoms with van der Waals surface area (Å²) in [5.41, 5.74) is 2.00. The second kappa shape index (κ2) is 5.34. The van der Waals surface area contributed by atoms with E-state index in [1.165, 1.54) is 17.1 Å². The van der Waals surface area contributed by atoms with Crippen LogP contribution in [0.3, 0.4) is 0 Å². The van der Waals surface area contributed by atoms with Crippen molar-refractivity contribution < 1.29 is 8.42 Å². The number of halogens is 1. The fourth-order valence-electron chi connectivity index (χ4n) is 1.81. The summed E-state index contributed by atoms with van der Waals surface area (Å²) in [7, 11) is 1.54. The molecule has 0 saturated heterocycles. The molecule has 19 heavy (non-hydrogen) atoms. The molecule has 0 bridgehead atoms. The molecule has 0 unspecified atom stereocenters. The quantitative estimate of drug-likeness (QED) is 0.787. The molecule has 2 rings (SSSR count). The maximum absolute atomic E-state index is 11.2. The first kappa shape index (κ1) is 14.1. The molecule has 0 aliphatic rings. The number of aromatic nitrogens is 4. The van der Waals surface area contributed by atoms with Crippen LogP contribution in [-0.4, -0.2) is 28.0 Å². The van der Waals surface area contributed by atoms with E-state index in [2.05, 4.69) is 10.2 Å². The van der Waals surface area contributed by atoms with Crippen molar-refractivity contribution in [3.05, 3.63) is 29.8 Å². The maximum atomic E-state index is 11.2. The van der Waals surface area contributed by atoms with Crippen molar-refractivity contribution >= 4 is 19.7 Å². The zero-order valence-electron chi connectivity index (χ0n) is 10.7. The summed E-state index contributed by atoms with van der Waals surface area (Å²) in [5, 5.41) is 8.43. The van der Waals surface area contributed by atoms with E-state index in [4.69, 9.17) is 10.7 Å². The van der Waals surface area contributed by atoms with Gasteiger partial charge in [-0.2, -0.15) is 10.2 Å². The average molecular weight is 303 g/mol. The highest BCUT2D eigenvalue weighted by atomic mass is 35.7. The Morgan fingerprint density at radius 2 is 2.11 bits per heavy atom. The lowest BCUT2D eigenvalue weighted by Crippen LogP contribution is -2.08. The van der Waals surface area contributed by atoms with E-state index in [-0.39, 0.29) is 4.90 Å². The van der Waals surface area contributed by atoms with Gasteiger partial charge in [0.15, 0.2) is 0 Å². The summed E-state index contributed by atoms with van der Waals surface area (Å²) >= 11 is 0. The highest BCUT2D eigenvalue weighted by Crippen LogP contribution is 2.14. The first-order valence-corrected chi connectivity index (χ1v) is 8.27. The van der Waals surface area contributed by atoms with Gasteiger partial charge in [0.25, 0.3) is 9.05 Å². The largest absolute Gasteiger partial charge is 0.268 e. The van der Waals surface area contributed by atoms with E-state index >= 15 is 0 Å². The molecule has 0 atom stereocenters. The third kappa shape index (κ3) is 3.16. The van der Waals surface area contributed by atoms with Crippen LogP contribution in [0.25, 0.3) is 0 Å². The molecular weight excluding hydrogens is 288 g/mol. The first-order valence-electron chi connectivity index (χ1n) is 5.96. The third-order valence-electron chi connectivity index (χ3n) is 2.79. The van der Waals surface area contributed by atoms with Crippen LogP contribution in [0.5, 0.6) is 0 Å². The van der Waals surface area contributed by atoms with E-state index in [1.54, 1.807) is 0 Å². The van der Waals surface area contributed by atoms with Crippen molar-refractivity contribution in [2.45, 2.75) is 38.3 Å². The van der Waals surface area contributed by atoms with Crippen molar-refractivity contribution in [1.29, 1.82) is 0 Å². The van der Waals surface area contributed by atoms with E-state index in [0.29, 0.717) is 6.54 Å². The molecule has 0 saturated carbocycles.